The number of halogens is 1. The van der Waals surface area contributed by atoms with E-state index in [0.717, 1.165) is 17.7 Å². The van der Waals surface area contributed by atoms with E-state index in [-0.39, 0.29) is 41.8 Å². The number of benzene rings is 1. The number of rotatable bonds is 8. The summed E-state index contributed by atoms with van der Waals surface area (Å²) in [6.07, 6.45) is 0.828. The number of hydrogen-bond donors (Lipinski definition) is 3. The van der Waals surface area contributed by atoms with Crippen molar-refractivity contribution in [1.29, 1.82) is 0 Å². The van der Waals surface area contributed by atoms with Gasteiger partial charge in [-0.1, -0.05) is 26.0 Å². The average molecular weight is 462 g/mol. The summed E-state index contributed by atoms with van der Waals surface area (Å²) in [6.45, 7) is 7.19. The number of nitrogens with one attached hydrogen (secondary N) is 3. The molecule has 0 saturated heterocycles. The standard InChI is InChI=1S/C18H30N4O2.HI/c1-6-13(2)17(23)22-16-9-7-8-15(10-16)11-20-18(19-4)21-14(3)12-24-5;/h7-10,13-14H,6,11-12H2,1-5H3,(H,22,23)(H2,19,20,21);1H. The molecule has 0 fully saturated rings. The van der Waals surface area contributed by atoms with Crippen LogP contribution in [0.2, 0.25) is 0 Å². The second-order valence-electron chi connectivity index (χ2n) is 5.93. The van der Waals surface area contributed by atoms with Gasteiger partial charge in [0.15, 0.2) is 5.96 Å². The highest BCUT2D eigenvalue weighted by Gasteiger charge is 2.10. The molecule has 0 saturated carbocycles. The summed E-state index contributed by atoms with van der Waals surface area (Å²) in [5, 5.41) is 9.47. The molecular weight excluding hydrogens is 431 g/mol. The van der Waals surface area contributed by atoms with Gasteiger partial charge in [-0.3, -0.25) is 9.79 Å². The fraction of sp³-hybridized carbons (Fsp3) is 0.556. The third-order valence-corrected chi connectivity index (χ3v) is 3.74. The lowest BCUT2D eigenvalue weighted by Crippen LogP contribution is -2.43. The zero-order chi connectivity index (χ0) is 17.9. The molecule has 1 amide bonds. The maximum absolute atomic E-state index is 12.0. The molecule has 0 aromatic heterocycles. The largest absolute Gasteiger partial charge is 0.383 e. The minimum Gasteiger partial charge on any atom is -0.383 e. The van der Waals surface area contributed by atoms with Crippen molar-refractivity contribution in [3.05, 3.63) is 29.8 Å². The number of guanidine groups is 1. The Morgan fingerprint density at radius 1 is 1.32 bits per heavy atom. The minimum absolute atomic E-state index is 0. The lowest BCUT2D eigenvalue weighted by atomic mass is 10.1. The summed E-state index contributed by atoms with van der Waals surface area (Å²) in [5.41, 5.74) is 1.88. The molecule has 0 spiro atoms. The summed E-state index contributed by atoms with van der Waals surface area (Å²) in [5.74, 6) is 0.777. The van der Waals surface area contributed by atoms with E-state index in [9.17, 15) is 4.79 Å². The summed E-state index contributed by atoms with van der Waals surface area (Å²) in [7, 11) is 3.41. The van der Waals surface area contributed by atoms with Gasteiger partial charge in [0.2, 0.25) is 5.91 Å². The molecule has 7 heteroatoms. The monoisotopic (exact) mass is 462 g/mol. The lowest BCUT2D eigenvalue weighted by molar-refractivity contribution is -0.119. The number of hydrogen-bond acceptors (Lipinski definition) is 3. The fourth-order valence-corrected chi connectivity index (χ4v) is 2.12. The molecule has 1 rings (SSSR count). The smallest absolute Gasteiger partial charge is 0.227 e. The Hall–Kier alpha value is -1.35. The third-order valence-electron chi connectivity index (χ3n) is 3.74. The quantitative estimate of drug-likeness (QED) is 0.316. The van der Waals surface area contributed by atoms with Gasteiger partial charge in [0.25, 0.3) is 0 Å². The zero-order valence-corrected chi connectivity index (χ0v) is 18.1. The molecule has 0 aliphatic rings. The highest BCUT2D eigenvalue weighted by molar-refractivity contribution is 14.0. The predicted molar refractivity (Wildman–Crippen MR) is 115 cm³/mol. The maximum atomic E-state index is 12.0. The normalized spacial score (nSPS) is 13.4. The van der Waals surface area contributed by atoms with Crippen molar-refractivity contribution in [3.8, 4) is 0 Å². The van der Waals surface area contributed by atoms with Gasteiger partial charge in [-0.05, 0) is 31.0 Å². The van der Waals surface area contributed by atoms with Gasteiger partial charge >= 0.3 is 0 Å². The van der Waals surface area contributed by atoms with Gasteiger partial charge in [0.05, 0.1) is 6.61 Å². The van der Waals surface area contributed by atoms with Crippen LogP contribution in [0.25, 0.3) is 0 Å². The van der Waals surface area contributed by atoms with Crippen LogP contribution in [0.5, 0.6) is 0 Å². The van der Waals surface area contributed by atoms with Gasteiger partial charge in [0, 0.05) is 38.3 Å². The van der Waals surface area contributed by atoms with E-state index < -0.39 is 0 Å². The summed E-state index contributed by atoms with van der Waals surface area (Å²) in [4.78, 5) is 16.2. The van der Waals surface area contributed by atoms with E-state index in [1.165, 1.54) is 0 Å². The Kier molecular flexibility index (Phi) is 12.2. The molecule has 0 bridgehead atoms. The van der Waals surface area contributed by atoms with Crippen molar-refractivity contribution in [3.63, 3.8) is 0 Å². The van der Waals surface area contributed by atoms with Gasteiger partial charge in [-0.15, -0.1) is 24.0 Å². The average Bonchev–Trinajstić information content (AvgIpc) is 2.58. The SMILES string of the molecule is CCC(C)C(=O)Nc1cccc(CNC(=NC)NC(C)COC)c1.I. The summed E-state index contributed by atoms with van der Waals surface area (Å²) >= 11 is 0. The van der Waals surface area contributed by atoms with E-state index in [4.69, 9.17) is 4.74 Å². The van der Waals surface area contributed by atoms with Crippen molar-refractivity contribution in [2.24, 2.45) is 10.9 Å². The molecule has 0 heterocycles. The van der Waals surface area contributed by atoms with Crippen LogP contribution in [0.15, 0.2) is 29.3 Å². The first kappa shape index (κ1) is 23.6. The summed E-state index contributed by atoms with van der Waals surface area (Å²) < 4.78 is 5.11. The molecule has 0 radical (unpaired) electrons. The van der Waals surface area contributed by atoms with E-state index in [1.807, 2.05) is 45.0 Å². The minimum atomic E-state index is 0. The van der Waals surface area contributed by atoms with Crippen LogP contribution in [0, 0.1) is 5.92 Å². The molecule has 2 atom stereocenters. The van der Waals surface area contributed by atoms with Crippen molar-refractivity contribution in [1.82, 2.24) is 10.6 Å². The molecule has 6 nitrogen and oxygen atoms in total. The van der Waals surface area contributed by atoms with E-state index in [2.05, 4.69) is 20.9 Å². The Balaban J connectivity index is 0.00000576. The van der Waals surface area contributed by atoms with Gasteiger partial charge in [-0.25, -0.2) is 0 Å². The van der Waals surface area contributed by atoms with Crippen LogP contribution < -0.4 is 16.0 Å². The molecule has 142 valence electrons. The first-order chi connectivity index (χ1) is 11.5. The number of aliphatic imine (C=N–C) groups is 1. The molecule has 0 aliphatic carbocycles. The van der Waals surface area contributed by atoms with Crippen molar-refractivity contribution in [2.75, 3.05) is 26.1 Å². The van der Waals surface area contributed by atoms with Crippen LogP contribution in [-0.2, 0) is 16.1 Å². The predicted octanol–water partition coefficient (Wildman–Crippen LogP) is 2.99. The zero-order valence-electron chi connectivity index (χ0n) is 15.8. The van der Waals surface area contributed by atoms with Crippen LogP contribution in [0.3, 0.4) is 0 Å². The van der Waals surface area contributed by atoms with E-state index in [1.54, 1.807) is 14.2 Å². The molecule has 0 aliphatic heterocycles. The molecule has 3 N–H and O–H groups in total. The van der Waals surface area contributed by atoms with Crippen LogP contribution in [-0.4, -0.2) is 38.7 Å². The second kappa shape index (κ2) is 12.9. The third kappa shape index (κ3) is 9.06. The van der Waals surface area contributed by atoms with Crippen molar-refractivity contribution >= 4 is 41.5 Å². The van der Waals surface area contributed by atoms with Crippen molar-refractivity contribution < 1.29 is 9.53 Å². The first-order valence-electron chi connectivity index (χ1n) is 8.36. The van der Waals surface area contributed by atoms with Gasteiger partial charge in [0.1, 0.15) is 0 Å². The van der Waals surface area contributed by atoms with Gasteiger partial charge in [-0.2, -0.15) is 0 Å². The number of amides is 1. The van der Waals surface area contributed by atoms with E-state index in [0.29, 0.717) is 19.1 Å². The molecule has 1 aromatic rings. The first-order valence-corrected chi connectivity index (χ1v) is 8.36. The number of methoxy groups -OCH3 is 1. The van der Waals surface area contributed by atoms with Crippen molar-refractivity contribution in [2.45, 2.75) is 39.8 Å². The van der Waals surface area contributed by atoms with Crippen LogP contribution in [0.4, 0.5) is 5.69 Å². The Morgan fingerprint density at radius 3 is 2.64 bits per heavy atom. The fourth-order valence-electron chi connectivity index (χ4n) is 2.12. The highest BCUT2D eigenvalue weighted by atomic mass is 127. The number of anilines is 1. The summed E-state index contributed by atoms with van der Waals surface area (Å²) in [6, 6.07) is 7.99. The number of nitrogens with zero attached hydrogens (tertiary/aromatic N) is 1. The van der Waals surface area contributed by atoms with Crippen LogP contribution in [0.1, 0.15) is 32.8 Å². The number of carbonyl (C=O) groups excluding carboxylic acids is 1. The van der Waals surface area contributed by atoms with Gasteiger partial charge < -0.3 is 20.7 Å². The maximum Gasteiger partial charge on any atom is 0.227 e. The number of ether oxygens (including phenoxy) is 1. The van der Waals surface area contributed by atoms with Crippen LogP contribution >= 0.6 is 24.0 Å². The Morgan fingerprint density at radius 2 is 2.04 bits per heavy atom. The highest BCUT2D eigenvalue weighted by Crippen LogP contribution is 2.13. The Bertz CT molecular complexity index is 552. The Labute approximate surface area is 168 Å². The molecule has 1 aromatic carbocycles. The molecule has 2 unspecified atom stereocenters. The lowest BCUT2D eigenvalue weighted by Gasteiger charge is -2.17. The van der Waals surface area contributed by atoms with E-state index >= 15 is 0 Å². The number of carbonyl (C=O) groups is 1. The topological polar surface area (TPSA) is 74.8 Å². The molecular formula is C18H31IN4O2. The molecule has 25 heavy (non-hydrogen) atoms. The second-order valence-corrected chi connectivity index (χ2v) is 5.93.